The molecule has 3 nitrogen and oxygen atoms in total. The molecular formula is C15H25N3. The van der Waals surface area contributed by atoms with Crippen molar-refractivity contribution >= 4 is 0 Å². The van der Waals surface area contributed by atoms with E-state index in [-0.39, 0.29) is 0 Å². The zero-order chi connectivity index (χ0) is 12.4. The van der Waals surface area contributed by atoms with Gasteiger partial charge in [-0.1, -0.05) is 26.2 Å². The SMILES string of the molecule is CCC1CCC(Cn2cnc3c2CCNC3)CC1. The van der Waals surface area contributed by atoms with E-state index in [9.17, 15) is 0 Å². The molecule has 2 heterocycles. The van der Waals surface area contributed by atoms with Crippen molar-refractivity contribution in [2.24, 2.45) is 11.8 Å². The third kappa shape index (κ3) is 2.46. The van der Waals surface area contributed by atoms with Gasteiger partial charge in [-0.3, -0.25) is 0 Å². The third-order valence-electron chi connectivity index (χ3n) is 4.86. The molecule has 1 N–H and O–H groups in total. The number of rotatable bonds is 3. The second-order valence-corrected chi connectivity index (χ2v) is 6.01. The Labute approximate surface area is 110 Å². The van der Waals surface area contributed by atoms with E-state index in [1.54, 1.807) is 0 Å². The highest BCUT2D eigenvalue weighted by molar-refractivity contribution is 5.16. The summed E-state index contributed by atoms with van der Waals surface area (Å²) in [5.74, 6) is 1.89. The van der Waals surface area contributed by atoms with Crippen molar-refractivity contribution in [2.75, 3.05) is 6.54 Å². The molecule has 0 bridgehead atoms. The first-order valence-corrected chi connectivity index (χ1v) is 7.60. The Morgan fingerprint density at radius 3 is 2.83 bits per heavy atom. The first-order valence-electron chi connectivity index (χ1n) is 7.60. The van der Waals surface area contributed by atoms with Crippen LogP contribution in [0.1, 0.15) is 50.4 Å². The molecule has 1 aliphatic carbocycles. The Morgan fingerprint density at radius 1 is 1.28 bits per heavy atom. The molecule has 0 radical (unpaired) electrons. The number of fused-ring (bicyclic) bond motifs is 1. The molecule has 1 aromatic heterocycles. The molecule has 18 heavy (non-hydrogen) atoms. The van der Waals surface area contributed by atoms with Crippen molar-refractivity contribution in [3.05, 3.63) is 17.7 Å². The normalized spacial score (nSPS) is 28.1. The number of imidazole rings is 1. The average Bonchev–Trinajstić information content (AvgIpc) is 2.83. The largest absolute Gasteiger partial charge is 0.334 e. The fraction of sp³-hybridized carbons (Fsp3) is 0.800. The number of hydrogen-bond acceptors (Lipinski definition) is 2. The fourth-order valence-electron chi connectivity index (χ4n) is 3.56. The van der Waals surface area contributed by atoms with Gasteiger partial charge in [0, 0.05) is 31.7 Å². The molecule has 3 rings (SSSR count). The van der Waals surface area contributed by atoms with Gasteiger partial charge in [0.05, 0.1) is 12.0 Å². The number of nitrogens with zero attached hydrogens (tertiary/aromatic N) is 2. The minimum absolute atomic E-state index is 0.890. The fourth-order valence-corrected chi connectivity index (χ4v) is 3.56. The Balaban J connectivity index is 1.61. The minimum atomic E-state index is 0.890. The average molecular weight is 247 g/mol. The Kier molecular flexibility index (Phi) is 3.69. The molecule has 0 spiro atoms. The van der Waals surface area contributed by atoms with Crippen LogP contribution in [0.4, 0.5) is 0 Å². The molecule has 100 valence electrons. The van der Waals surface area contributed by atoms with E-state index >= 15 is 0 Å². The van der Waals surface area contributed by atoms with E-state index in [0.717, 1.165) is 31.3 Å². The van der Waals surface area contributed by atoms with E-state index < -0.39 is 0 Å². The van der Waals surface area contributed by atoms with Gasteiger partial charge in [0.25, 0.3) is 0 Å². The van der Waals surface area contributed by atoms with Crippen molar-refractivity contribution in [1.29, 1.82) is 0 Å². The number of hydrogen-bond donors (Lipinski definition) is 1. The van der Waals surface area contributed by atoms with Crippen molar-refractivity contribution in [3.63, 3.8) is 0 Å². The molecular weight excluding hydrogens is 222 g/mol. The maximum absolute atomic E-state index is 4.55. The standard InChI is InChI=1S/C15H25N3/c1-2-12-3-5-13(6-4-12)10-18-11-17-14-9-16-8-7-15(14)18/h11-13,16H,2-10H2,1H3. The van der Waals surface area contributed by atoms with Gasteiger partial charge in [0.15, 0.2) is 0 Å². The molecule has 3 heteroatoms. The van der Waals surface area contributed by atoms with Crippen LogP contribution in [0.15, 0.2) is 6.33 Å². The van der Waals surface area contributed by atoms with E-state index in [0.29, 0.717) is 0 Å². The lowest BCUT2D eigenvalue weighted by Crippen LogP contribution is -2.26. The van der Waals surface area contributed by atoms with Crippen LogP contribution in [0.25, 0.3) is 0 Å². The smallest absolute Gasteiger partial charge is 0.0952 e. The summed E-state index contributed by atoms with van der Waals surface area (Å²) >= 11 is 0. The quantitative estimate of drug-likeness (QED) is 0.890. The van der Waals surface area contributed by atoms with Crippen molar-refractivity contribution in [3.8, 4) is 0 Å². The second-order valence-electron chi connectivity index (χ2n) is 6.01. The first-order chi connectivity index (χ1) is 8.86. The summed E-state index contributed by atoms with van der Waals surface area (Å²) in [6.45, 7) is 5.62. The highest BCUT2D eigenvalue weighted by atomic mass is 15.1. The van der Waals surface area contributed by atoms with Crippen LogP contribution >= 0.6 is 0 Å². The summed E-state index contributed by atoms with van der Waals surface area (Å²) in [5, 5.41) is 3.40. The summed E-state index contributed by atoms with van der Waals surface area (Å²) in [5.41, 5.74) is 2.77. The predicted octanol–water partition coefficient (Wildman–Crippen LogP) is 2.75. The Morgan fingerprint density at radius 2 is 2.06 bits per heavy atom. The van der Waals surface area contributed by atoms with E-state index in [1.807, 2.05) is 0 Å². The van der Waals surface area contributed by atoms with Gasteiger partial charge in [-0.2, -0.15) is 0 Å². The van der Waals surface area contributed by atoms with Crippen LogP contribution < -0.4 is 5.32 Å². The molecule has 0 aromatic carbocycles. The lowest BCUT2D eigenvalue weighted by atomic mass is 9.81. The monoisotopic (exact) mass is 247 g/mol. The first kappa shape index (κ1) is 12.2. The van der Waals surface area contributed by atoms with Crippen LogP contribution in [0.3, 0.4) is 0 Å². The minimum Gasteiger partial charge on any atom is -0.334 e. The van der Waals surface area contributed by atoms with Crippen molar-refractivity contribution < 1.29 is 0 Å². The molecule has 1 fully saturated rings. The highest BCUT2D eigenvalue weighted by Gasteiger charge is 2.22. The van der Waals surface area contributed by atoms with Crippen LogP contribution in [-0.2, 0) is 19.5 Å². The highest BCUT2D eigenvalue weighted by Crippen LogP contribution is 2.32. The molecule has 0 amide bonds. The van der Waals surface area contributed by atoms with Crippen molar-refractivity contribution in [1.82, 2.24) is 14.9 Å². The van der Waals surface area contributed by atoms with E-state index in [1.165, 1.54) is 50.0 Å². The lowest BCUT2D eigenvalue weighted by molar-refractivity contribution is 0.246. The van der Waals surface area contributed by atoms with Gasteiger partial charge < -0.3 is 9.88 Å². The number of aromatic nitrogens is 2. The molecule has 0 saturated heterocycles. The van der Waals surface area contributed by atoms with E-state index in [2.05, 4.69) is 28.1 Å². The van der Waals surface area contributed by atoms with Gasteiger partial charge in [0.2, 0.25) is 0 Å². The Bertz CT molecular complexity index is 388. The summed E-state index contributed by atoms with van der Waals surface area (Å²) < 4.78 is 2.44. The molecule has 0 unspecified atom stereocenters. The van der Waals surface area contributed by atoms with Gasteiger partial charge in [-0.05, 0) is 24.7 Å². The summed E-state index contributed by atoms with van der Waals surface area (Å²) in [4.78, 5) is 4.55. The maximum Gasteiger partial charge on any atom is 0.0952 e. The molecule has 1 aliphatic heterocycles. The Hall–Kier alpha value is -0.830. The predicted molar refractivity (Wildman–Crippen MR) is 73.4 cm³/mol. The van der Waals surface area contributed by atoms with Gasteiger partial charge >= 0.3 is 0 Å². The van der Waals surface area contributed by atoms with Crippen LogP contribution in [-0.4, -0.2) is 16.1 Å². The van der Waals surface area contributed by atoms with Gasteiger partial charge in [-0.25, -0.2) is 4.98 Å². The number of nitrogens with one attached hydrogen (secondary N) is 1. The maximum atomic E-state index is 4.55. The summed E-state index contributed by atoms with van der Waals surface area (Å²) in [6, 6.07) is 0. The molecule has 0 atom stereocenters. The second kappa shape index (κ2) is 5.43. The van der Waals surface area contributed by atoms with Crippen LogP contribution in [0.2, 0.25) is 0 Å². The van der Waals surface area contributed by atoms with Crippen LogP contribution in [0.5, 0.6) is 0 Å². The van der Waals surface area contributed by atoms with E-state index in [4.69, 9.17) is 0 Å². The van der Waals surface area contributed by atoms with Gasteiger partial charge in [0.1, 0.15) is 0 Å². The summed E-state index contributed by atoms with van der Waals surface area (Å²) in [7, 11) is 0. The lowest BCUT2D eigenvalue weighted by Gasteiger charge is -2.28. The van der Waals surface area contributed by atoms with Crippen molar-refractivity contribution in [2.45, 2.75) is 58.5 Å². The molecule has 1 saturated carbocycles. The third-order valence-corrected chi connectivity index (χ3v) is 4.86. The molecule has 2 aliphatic rings. The summed E-state index contributed by atoms with van der Waals surface area (Å²) in [6.07, 6.45) is 10.3. The topological polar surface area (TPSA) is 29.9 Å². The van der Waals surface area contributed by atoms with Crippen LogP contribution in [0, 0.1) is 11.8 Å². The van der Waals surface area contributed by atoms with Gasteiger partial charge in [-0.15, -0.1) is 0 Å². The zero-order valence-corrected chi connectivity index (χ0v) is 11.5. The zero-order valence-electron chi connectivity index (χ0n) is 11.5. The molecule has 1 aromatic rings.